The molecule has 0 bridgehead atoms. The Morgan fingerprint density at radius 3 is 2.18 bits per heavy atom. The highest BCUT2D eigenvalue weighted by molar-refractivity contribution is 7.89. The zero-order valence-electron chi connectivity index (χ0n) is 15.5. The lowest BCUT2D eigenvalue weighted by Gasteiger charge is -2.22. The maximum atomic E-state index is 13.2. The number of nitrogens with one attached hydrogen (secondary N) is 1. The van der Waals surface area contributed by atoms with Crippen molar-refractivity contribution in [3.63, 3.8) is 0 Å². The van der Waals surface area contributed by atoms with Gasteiger partial charge in [-0.05, 0) is 36.1 Å². The molecule has 0 saturated carbocycles. The number of hydrogen-bond donors (Lipinski definition) is 1. The first-order valence-corrected chi connectivity index (χ1v) is 10.2. The zero-order chi connectivity index (χ0) is 20.3. The predicted molar refractivity (Wildman–Crippen MR) is 108 cm³/mol. The minimum absolute atomic E-state index is 0.101. The van der Waals surface area contributed by atoms with Crippen LogP contribution in [0.5, 0.6) is 0 Å². The van der Waals surface area contributed by atoms with E-state index in [1.807, 2.05) is 61.5 Å². The number of nitro groups is 1. The lowest BCUT2D eigenvalue weighted by Crippen LogP contribution is -2.30. The van der Waals surface area contributed by atoms with Crippen molar-refractivity contribution in [3.05, 3.63) is 105 Å². The van der Waals surface area contributed by atoms with Gasteiger partial charge in [-0.3, -0.25) is 10.1 Å². The van der Waals surface area contributed by atoms with Crippen LogP contribution in [-0.4, -0.2) is 13.3 Å². The molecule has 1 N–H and O–H groups in total. The Bertz CT molecular complexity index is 1110. The van der Waals surface area contributed by atoms with Gasteiger partial charge in [0.2, 0.25) is 10.0 Å². The highest BCUT2D eigenvalue weighted by Gasteiger charge is 2.26. The summed E-state index contributed by atoms with van der Waals surface area (Å²) in [5.41, 5.74) is 2.71. The normalized spacial score (nSPS) is 12.5. The second kappa shape index (κ2) is 7.92. The molecule has 144 valence electrons. The van der Waals surface area contributed by atoms with Crippen LogP contribution < -0.4 is 4.72 Å². The van der Waals surface area contributed by atoms with E-state index in [1.165, 1.54) is 12.1 Å². The molecule has 0 heterocycles. The molecule has 28 heavy (non-hydrogen) atoms. The van der Waals surface area contributed by atoms with Gasteiger partial charge in [0.1, 0.15) is 0 Å². The van der Waals surface area contributed by atoms with Gasteiger partial charge in [-0.2, -0.15) is 4.72 Å². The smallest absolute Gasteiger partial charge is 0.258 e. The molecule has 6 nitrogen and oxygen atoms in total. The molecule has 0 amide bonds. The van der Waals surface area contributed by atoms with Crippen molar-refractivity contribution < 1.29 is 13.3 Å². The molecule has 7 heteroatoms. The molecule has 0 fully saturated rings. The average Bonchev–Trinajstić information content (AvgIpc) is 2.67. The van der Waals surface area contributed by atoms with Crippen LogP contribution in [-0.2, 0) is 10.0 Å². The molecule has 3 rings (SSSR count). The highest BCUT2D eigenvalue weighted by atomic mass is 32.2. The van der Waals surface area contributed by atoms with Gasteiger partial charge in [0.25, 0.3) is 5.69 Å². The quantitative estimate of drug-likeness (QED) is 0.497. The van der Waals surface area contributed by atoms with Gasteiger partial charge in [0.15, 0.2) is 0 Å². The highest BCUT2D eigenvalue weighted by Crippen LogP contribution is 2.29. The van der Waals surface area contributed by atoms with Crippen molar-refractivity contribution in [3.8, 4) is 0 Å². The first-order valence-electron chi connectivity index (χ1n) is 8.67. The summed E-state index contributed by atoms with van der Waals surface area (Å²) in [4.78, 5) is 10.4. The van der Waals surface area contributed by atoms with Crippen LogP contribution in [0.4, 0.5) is 5.69 Å². The minimum Gasteiger partial charge on any atom is -0.258 e. The van der Waals surface area contributed by atoms with Crippen molar-refractivity contribution in [2.75, 3.05) is 0 Å². The van der Waals surface area contributed by atoms with E-state index in [-0.39, 0.29) is 10.6 Å². The lowest BCUT2D eigenvalue weighted by atomic mass is 9.96. The van der Waals surface area contributed by atoms with E-state index in [9.17, 15) is 18.5 Å². The van der Waals surface area contributed by atoms with Gasteiger partial charge in [-0.25, -0.2) is 8.42 Å². The predicted octanol–water partition coefficient (Wildman–Crippen LogP) is 4.28. The van der Waals surface area contributed by atoms with E-state index in [0.29, 0.717) is 5.56 Å². The summed E-state index contributed by atoms with van der Waals surface area (Å²) in [7, 11) is -4.01. The van der Waals surface area contributed by atoms with E-state index in [4.69, 9.17) is 0 Å². The molecule has 0 saturated heterocycles. The summed E-state index contributed by atoms with van der Waals surface area (Å²) in [6, 6.07) is 20.0. The summed E-state index contributed by atoms with van der Waals surface area (Å²) in [5.74, 6) is 0. The van der Waals surface area contributed by atoms with Crippen LogP contribution in [0.25, 0.3) is 0 Å². The van der Waals surface area contributed by atoms with Crippen molar-refractivity contribution >= 4 is 15.7 Å². The van der Waals surface area contributed by atoms with Crippen molar-refractivity contribution in [2.45, 2.75) is 24.8 Å². The van der Waals surface area contributed by atoms with Gasteiger partial charge < -0.3 is 0 Å². The number of non-ortho nitro benzene ring substituents is 1. The number of aryl methyl sites for hydroxylation is 2. The molecule has 3 aromatic rings. The Kier molecular flexibility index (Phi) is 5.58. The largest absolute Gasteiger partial charge is 0.270 e. The Hall–Kier alpha value is -3.03. The third-order valence-electron chi connectivity index (χ3n) is 4.58. The van der Waals surface area contributed by atoms with Gasteiger partial charge in [0, 0.05) is 12.1 Å². The molecule has 0 aromatic heterocycles. The van der Waals surface area contributed by atoms with E-state index in [2.05, 4.69) is 4.72 Å². The fourth-order valence-corrected chi connectivity index (χ4v) is 4.55. The molecular formula is C21H20N2O4S. The maximum absolute atomic E-state index is 13.2. The number of benzene rings is 3. The molecule has 0 aliphatic rings. The summed E-state index contributed by atoms with van der Waals surface area (Å²) in [6.45, 7) is 3.53. The van der Waals surface area contributed by atoms with Gasteiger partial charge in [-0.15, -0.1) is 0 Å². The first kappa shape index (κ1) is 19.7. The van der Waals surface area contributed by atoms with E-state index < -0.39 is 21.0 Å². The fraction of sp³-hybridized carbons (Fsp3) is 0.143. The van der Waals surface area contributed by atoms with Crippen LogP contribution in [0, 0.1) is 24.0 Å². The maximum Gasteiger partial charge on any atom is 0.270 e. The fourth-order valence-electron chi connectivity index (χ4n) is 3.08. The van der Waals surface area contributed by atoms with Crippen LogP contribution in [0.3, 0.4) is 0 Å². The van der Waals surface area contributed by atoms with Crippen LogP contribution in [0.15, 0.2) is 77.7 Å². The molecule has 0 spiro atoms. The molecule has 0 unspecified atom stereocenters. The van der Waals surface area contributed by atoms with E-state index >= 15 is 0 Å². The van der Waals surface area contributed by atoms with Gasteiger partial charge >= 0.3 is 0 Å². The zero-order valence-corrected chi connectivity index (χ0v) is 16.3. The topological polar surface area (TPSA) is 89.3 Å². The minimum atomic E-state index is -4.01. The molecule has 0 aliphatic heterocycles. The van der Waals surface area contributed by atoms with E-state index in [1.54, 1.807) is 6.92 Å². The van der Waals surface area contributed by atoms with Crippen LogP contribution in [0.1, 0.15) is 28.3 Å². The Morgan fingerprint density at radius 1 is 0.893 bits per heavy atom. The molecule has 0 aliphatic carbocycles. The van der Waals surface area contributed by atoms with E-state index in [0.717, 1.165) is 22.8 Å². The summed E-state index contributed by atoms with van der Waals surface area (Å²) >= 11 is 0. The molecular weight excluding hydrogens is 376 g/mol. The van der Waals surface area contributed by atoms with Crippen molar-refractivity contribution in [1.29, 1.82) is 0 Å². The number of rotatable bonds is 6. The summed E-state index contributed by atoms with van der Waals surface area (Å²) < 4.78 is 29.1. The first-order chi connectivity index (χ1) is 13.3. The average molecular weight is 396 g/mol. The van der Waals surface area contributed by atoms with Crippen LogP contribution >= 0.6 is 0 Å². The number of hydrogen-bond acceptors (Lipinski definition) is 4. The van der Waals surface area contributed by atoms with Gasteiger partial charge in [-0.1, -0.05) is 60.7 Å². The lowest BCUT2D eigenvalue weighted by molar-refractivity contribution is -0.385. The standard InChI is InChI=1S/C21H20N2O4S/c1-15-8-6-7-11-19(15)21(17-9-4-3-5-10-17)22-28(26,27)20-14-18(23(24)25)13-12-16(20)2/h3-14,21-22H,1-2H3/t21-/m1/s1. The third-order valence-corrected chi connectivity index (χ3v) is 6.14. The SMILES string of the molecule is Cc1ccccc1[C@H](NS(=O)(=O)c1cc([N+](=O)[O-])ccc1C)c1ccccc1. The molecule has 3 aromatic carbocycles. The second-order valence-electron chi connectivity index (χ2n) is 6.53. The Balaban J connectivity index is 2.10. The molecule has 0 radical (unpaired) electrons. The molecule has 1 atom stereocenters. The second-order valence-corrected chi connectivity index (χ2v) is 8.21. The number of sulfonamides is 1. The van der Waals surface area contributed by atoms with Crippen LogP contribution in [0.2, 0.25) is 0 Å². The third kappa shape index (κ3) is 4.11. The Labute approximate surface area is 164 Å². The monoisotopic (exact) mass is 396 g/mol. The summed E-state index contributed by atoms with van der Waals surface area (Å²) in [5, 5.41) is 11.1. The van der Waals surface area contributed by atoms with Crippen molar-refractivity contribution in [1.82, 2.24) is 4.72 Å². The van der Waals surface area contributed by atoms with Gasteiger partial charge in [0.05, 0.1) is 15.9 Å². The Morgan fingerprint density at radius 2 is 1.54 bits per heavy atom. The number of nitro benzene ring substituents is 1. The van der Waals surface area contributed by atoms with Crippen molar-refractivity contribution in [2.24, 2.45) is 0 Å². The number of nitrogens with zero attached hydrogens (tertiary/aromatic N) is 1. The summed E-state index contributed by atoms with van der Waals surface area (Å²) in [6.07, 6.45) is 0.